The highest BCUT2D eigenvalue weighted by Gasteiger charge is 2.35. The minimum absolute atomic E-state index is 0.276. The van der Waals surface area contributed by atoms with Crippen molar-refractivity contribution in [3.8, 4) is 0 Å². The van der Waals surface area contributed by atoms with Crippen molar-refractivity contribution in [2.75, 3.05) is 7.11 Å². The van der Waals surface area contributed by atoms with Crippen molar-refractivity contribution >= 4 is 0 Å². The SMILES string of the molecule is CCCC(C)CC1(O)CCCC(OC)C1. The van der Waals surface area contributed by atoms with Crippen LogP contribution in [0.4, 0.5) is 0 Å². The topological polar surface area (TPSA) is 29.5 Å². The van der Waals surface area contributed by atoms with E-state index in [4.69, 9.17) is 4.74 Å². The fourth-order valence-electron chi connectivity index (χ4n) is 2.92. The largest absolute Gasteiger partial charge is 0.390 e. The lowest BCUT2D eigenvalue weighted by Gasteiger charge is -2.37. The Kier molecular flexibility index (Phi) is 5.07. The highest BCUT2D eigenvalue weighted by Crippen LogP contribution is 2.35. The zero-order valence-corrected chi connectivity index (χ0v) is 10.5. The summed E-state index contributed by atoms with van der Waals surface area (Å²) < 4.78 is 5.37. The molecule has 0 bridgehead atoms. The van der Waals surface area contributed by atoms with Gasteiger partial charge in [-0.25, -0.2) is 0 Å². The predicted octanol–water partition coefficient (Wildman–Crippen LogP) is 3.13. The summed E-state index contributed by atoms with van der Waals surface area (Å²) >= 11 is 0. The van der Waals surface area contributed by atoms with Gasteiger partial charge in [0, 0.05) is 13.5 Å². The molecule has 0 radical (unpaired) electrons. The van der Waals surface area contributed by atoms with Gasteiger partial charge in [-0.05, 0) is 31.6 Å². The molecule has 1 saturated carbocycles. The summed E-state index contributed by atoms with van der Waals surface area (Å²) in [7, 11) is 1.76. The molecule has 0 aromatic rings. The highest BCUT2D eigenvalue weighted by atomic mass is 16.5. The Morgan fingerprint density at radius 3 is 2.87 bits per heavy atom. The van der Waals surface area contributed by atoms with E-state index in [9.17, 15) is 5.11 Å². The Morgan fingerprint density at radius 2 is 2.27 bits per heavy atom. The molecule has 1 aliphatic rings. The average Bonchev–Trinajstić information content (AvgIpc) is 2.17. The van der Waals surface area contributed by atoms with Gasteiger partial charge in [0.2, 0.25) is 0 Å². The zero-order valence-electron chi connectivity index (χ0n) is 10.5. The molecule has 0 aromatic heterocycles. The van der Waals surface area contributed by atoms with Gasteiger partial charge in [-0.1, -0.05) is 26.7 Å². The molecule has 1 fully saturated rings. The molecule has 0 saturated heterocycles. The average molecular weight is 214 g/mol. The van der Waals surface area contributed by atoms with Gasteiger partial charge in [-0.3, -0.25) is 0 Å². The summed E-state index contributed by atoms with van der Waals surface area (Å²) in [6.45, 7) is 4.46. The molecule has 0 spiro atoms. The van der Waals surface area contributed by atoms with Gasteiger partial charge in [-0.2, -0.15) is 0 Å². The van der Waals surface area contributed by atoms with E-state index in [1.807, 2.05) is 0 Å². The summed E-state index contributed by atoms with van der Waals surface area (Å²) in [4.78, 5) is 0. The first-order chi connectivity index (χ1) is 7.09. The summed E-state index contributed by atoms with van der Waals surface area (Å²) in [5, 5.41) is 10.5. The lowest BCUT2D eigenvalue weighted by Crippen LogP contribution is -2.39. The first-order valence-corrected chi connectivity index (χ1v) is 6.35. The lowest BCUT2D eigenvalue weighted by atomic mass is 9.77. The number of rotatable bonds is 5. The highest BCUT2D eigenvalue weighted by molar-refractivity contribution is 4.88. The van der Waals surface area contributed by atoms with Crippen molar-refractivity contribution in [3.05, 3.63) is 0 Å². The molecular weight excluding hydrogens is 188 g/mol. The molecule has 2 nitrogen and oxygen atoms in total. The van der Waals surface area contributed by atoms with E-state index in [1.165, 1.54) is 12.8 Å². The van der Waals surface area contributed by atoms with Crippen LogP contribution in [0.15, 0.2) is 0 Å². The van der Waals surface area contributed by atoms with Gasteiger partial charge in [0.25, 0.3) is 0 Å². The van der Waals surface area contributed by atoms with Crippen LogP contribution in [0.1, 0.15) is 58.8 Å². The number of hydrogen-bond donors (Lipinski definition) is 1. The van der Waals surface area contributed by atoms with Crippen molar-refractivity contribution in [3.63, 3.8) is 0 Å². The molecule has 1 N–H and O–H groups in total. The first-order valence-electron chi connectivity index (χ1n) is 6.35. The monoisotopic (exact) mass is 214 g/mol. The number of hydrogen-bond acceptors (Lipinski definition) is 2. The van der Waals surface area contributed by atoms with Gasteiger partial charge in [-0.15, -0.1) is 0 Å². The van der Waals surface area contributed by atoms with Crippen LogP contribution in [0, 0.1) is 5.92 Å². The fraction of sp³-hybridized carbons (Fsp3) is 1.00. The first kappa shape index (κ1) is 13.0. The lowest BCUT2D eigenvalue weighted by molar-refractivity contribution is -0.0709. The normalized spacial score (nSPS) is 34.0. The van der Waals surface area contributed by atoms with Crippen molar-refractivity contribution < 1.29 is 9.84 Å². The molecule has 3 unspecified atom stereocenters. The maximum Gasteiger partial charge on any atom is 0.0675 e. The Hall–Kier alpha value is -0.0800. The summed E-state index contributed by atoms with van der Waals surface area (Å²) in [6, 6.07) is 0. The second kappa shape index (κ2) is 5.86. The van der Waals surface area contributed by atoms with E-state index < -0.39 is 5.60 Å². The number of ether oxygens (including phenoxy) is 1. The van der Waals surface area contributed by atoms with Crippen molar-refractivity contribution in [1.82, 2.24) is 0 Å². The van der Waals surface area contributed by atoms with Gasteiger partial charge < -0.3 is 9.84 Å². The molecular formula is C13H26O2. The van der Waals surface area contributed by atoms with Gasteiger partial charge in [0.05, 0.1) is 11.7 Å². The summed E-state index contributed by atoms with van der Waals surface area (Å²) in [5.41, 5.74) is -0.451. The molecule has 0 aliphatic heterocycles. The van der Waals surface area contributed by atoms with Crippen LogP contribution in [-0.4, -0.2) is 23.9 Å². The van der Waals surface area contributed by atoms with E-state index in [0.717, 1.165) is 32.1 Å². The molecule has 3 atom stereocenters. The minimum atomic E-state index is -0.451. The zero-order chi connectivity index (χ0) is 11.3. The maximum atomic E-state index is 10.5. The van der Waals surface area contributed by atoms with Crippen molar-refractivity contribution in [2.45, 2.75) is 70.5 Å². The standard InChI is InChI=1S/C13H26O2/c1-4-6-11(2)9-13(14)8-5-7-12(10-13)15-3/h11-12,14H,4-10H2,1-3H3. The Balaban J connectivity index is 2.42. The Bertz CT molecular complexity index is 181. The smallest absolute Gasteiger partial charge is 0.0675 e. The van der Waals surface area contributed by atoms with Crippen molar-refractivity contribution in [1.29, 1.82) is 0 Å². The van der Waals surface area contributed by atoms with Gasteiger partial charge in [0.1, 0.15) is 0 Å². The third-order valence-electron chi connectivity index (χ3n) is 3.62. The Labute approximate surface area is 94.0 Å². The van der Waals surface area contributed by atoms with Crippen molar-refractivity contribution in [2.24, 2.45) is 5.92 Å². The van der Waals surface area contributed by atoms with Crippen LogP contribution in [-0.2, 0) is 4.74 Å². The number of aliphatic hydroxyl groups is 1. The summed E-state index contributed by atoms with van der Waals surface area (Å²) in [6.07, 6.45) is 7.66. The van der Waals surface area contributed by atoms with Crippen LogP contribution in [0.2, 0.25) is 0 Å². The third kappa shape index (κ3) is 4.12. The van der Waals surface area contributed by atoms with E-state index in [2.05, 4.69) is 13.8 Å². The van der Waals surface area contributed by atoms with E-state index in [-0.39, 0.29) is 6.10 Å². The van der Waals surface area contributed by atoms with Crippen LogP contribution in [0.3, 0.4) is 0 Å². The molecule has 0 amide bonds. The van der Waals surface area contributed by atoms with Gasteiger partial charge in [0.15, 0.2) is 0 Å². The minimum Gasteiger partial charge on any atom is -0.390 e. The van der Waals surface area contributed by atoms with Crippen LogP contribution >= 0.6 is 0 Å². The molecule has 90 valence electrons. The maximum absolute atomic E-state index is 10.5. The predicted molar refractivity (Wildman–Crippen MR) is 62.9 cm³/mol. The second-order valence-electron chi connectivity index (χ2n) is 5.28. The second-order valence-corrected chi connectivity index (χ2v) is 5.28. The van der Waals surface area contributed by atoms with E-state index in [1.54, 1.807) is 7.11 Å². The molecule has 0 aromatic carbocycles. The van der Waals surface area contributed by atoms with E-state index >= 15 is 0 Å². The van der Waals surface area contributed by atoms with Gasteiger partial charge >= 0.3 is 0 Å². The van der Waals surface area contributed by atoms with Crippen LogP contribution in [0.5, 0.6) is 0 Å². The van der Waals surface area contributed by atoms with Crippen LogP contribution in [0.25, 0.3) is 0 Å². The molecule has 0 heterocycles. The number of methoxy groups -OCH3 is 1. The fourth-order valence-corrected chi connectivity index (χ4v) is 2.92. The Morgan fingerprint density at radius 1 is 1.53 bits per heavy atom. The third-order valence-corrected chi connectivity index (χ3v) is 3.62. The van der Waals surface area contributed by atoms with E-state index in [0.29, 0.717) is 5.92 Å². The van der Waals surface area contributed by atoms with Crippen LogP contribution < -0.4 is 0 Å². The molecule has 1 rings (SSSR count). The molecule has 2 heteroatoms. The quantitative estimate of drug-likeness (QED) is 0.762. The summed E-state index contributed by atoms with van der Waals surface area (Å²) in [5.74, 6) is 0.635. The molecule has 15 heavy (non-hydrogen) atoms. The molecule has 1 aliphatic carbocycles.